The second-order valence-corrected chi connectivity index (χ2v) is 4.63. The van der Waals surface area contributed by atoms with E-state index in [9.17, 15) is 0 Å². The topological polar surface area (TPSA) is 48.8 Å². The van der Waals surface area contributed by atoms with Crippen molar-refractivity contribution in [3.8, 4) is 0 Å². The lowest BCUT2D eigenvalue weighted by Crippen LogP contribution is -1.83. The Hall–Kier alpha value is -2.77. The third-order valence-corrected chi connectivity index (χ3v) is 3.66. The summed E-state index contributed by atoms with van der Waals surface area (Å²) in [4.78, 5) is 2.91. The molecule has 19 heavy (non-hydrogen) atoms. The molecule has 4 rings (SSSR count). The van der Waals surface area contributed by atoms with Crippen LogP contribution < -0.4 is 0 Å². The highest BCUT2D eigenvalue weighted by molar-refractivity contribution is 6.24. The van der Waals surface area contributed by atoms with Gasteiger partial charge in [0.15, 0.2) is 0 Å². The van der Waals surface area contributed by atoms with E-state index in [0.29, 0.717) is 5.69 Å². The Kier molecular flexibility index (Phi) is 1.93. The van der Waals surface area contributed by atoms with Crippen molar-refractivity contribution in [2.45, 2.75) is 0 Å². The highest BCUT2D eigenvalue weighted by atomic mass is 15.1. The number of azide groups is 1. The van der Waals surface area contributed by atoms with Crippen molar-refractivity contribution in [3.05, 3.63) is 65.0 Å². The third kappa shape index (κ3) is 1.30. The molecule has 0 saturated carbocycles. The van der Waals surface area contributed by atoms with Crippen molar-refractivity contribution in [3.63, 3.8) is 0 Å². The molecule has 0 saturated heterocycles. The molecular weight excluding hydrogens is 234 g/mol. The van der Waals surface area contributed by atoms with Gasteiger partial charge >= 0.3 is 0 Å². The fourth-order valence-electron chi connectivity index (χ4n) is 2.86. The average Bonchev–Trinajstić information content (AvgIpc) is 2.46. The number of hydrogen-bond donors (Lipinski definition) is 0. The number of rotatable bonds is 1. The second-order valence-electron chi connectivity index (χ2n) is 4.63. The SMILES string of the molecule is [N-]=[N+]=Nc1ccc2ccc3cccc4ccc1c2c34. The molecule has 0 amide bonds. The summed E-state index contributed by atoms with van der Waals surface area (Å²) in [5, 5.41) is 10.8. The van der Waals surface area contributed by atoms with Crippen LogP contribution in [0.3, 0.4) is 0 Å². The summed E-state index contributed by atoms with van der Waals surface area (Å²) in [6.45, 7) is 0. The standard InChI is InChI=1S/C16H9N3/c17-19-18-14-9-7-12-5-4-10-2-1-3-11-6-8-13(14)16(12)15(10)11/h1-9H. The van der Waals surface area contributed by atoms with Crippen LogP contribution in [0.15, 0.2) is 59.7 Å². The van der Waals surface area contributed by atoms with E-state index in [1.54, 1.807) is 0 Å². The van der Waals surface area contributed by atoms with E-state index in [1.807, 2.05) is 18.2 Å². The van der Waals surface area contributed by atoms with Gasteiger partial charge in [0.2, 0.25) is 0 Å². The molecule has 0 radical (unpaired) electrons. The van der Waals surface area contributed by atoms with Crippen LogP contribution in [0.5, 0.6) is 0 Å². The largest absolute Gasteiger partial charge is 0.0610 e. The van der Waals surface area contributed by atoms with Crippen molar-refractivity contribution in [1.82, 2.24) is 0 Å². The molecule has 0 N–H and O–H groups in total. The van der Waals surface area contributed by atoms with Crippen molar-refractivity contribution < 1.29 is 0 Å². The number of benzene rings is 4. The van der Waals surface area contributed by atoms with E-state index < -0.39 is 0 Å². The van der Waals surface area contributed by atoms with Gasteiger partial charge in [-0.3, -0.25) is 0 Å². The normalized spacial score (nSPS) is 11.2. The zero-order chi connectivity index (χ0) is 12.8. The van der Waals surface area contributed by atoms with Gasteiger partial charge in [0.05, 0.1) is 0 Å². The maximum absolute atomic E-state index is 8.67. The highest BCUT2D eigenvalue weighted by Crippen LogP contribution is 2.38. The van der Waals surface area contributed by atoms with Crippen molar-refractivity contribution in [1.29, 1.82) is 0 Å². The Morgan fingerprint density at radius 1 is 0.737 bits per heavy atom. The molecule has 0 atom stereocenters. The highest BCUT2D eigenvalue weighted by Gasteiger charge is 2.09. The summed E-state index contributed by atoms with van der Waals surface area (Å²) in [6, 6.07) is 18.6. The maximum Gasteiger partial charge on any atom is 0.0454 e. The predicted octanol–water partition coefficient (Wildman–Crippen LogP) is 5.53. The lowest BCUT2D eigenvalue weighted by molar-refractivity contribution is 1.52. The molecule has 0 aromatic heterocycles. The molecule has 0 fully saturated rings. The van der Waals surface area contributed by atoms with Crippen LogP contribution in [0, 0.1) is 0 Å². The first-order valence-electron chi connectivity index (χ1n) is 6.10. The molecule has 0 spiro atoms. The van der Waals surface area contributed by atoms with Gasteiger partial charge in [-0.1, -0.05) is 59.7 Å². The first-order chi connectivity index (χ1) is 9.38. The Labute approximate surface area is 109 Å². The van der Waals surface area contributed by atoms with Crippen LogP contribution in [-0.4, -0.2) is 0 Å². The van der Waals surface area contributed by atoms with Crippen molar-refractivity contribution >= 4 is 38.0 Å². The molecule has 0 unspecified atom stereocenters. The number of nitrogens with zero attached hydrogens (tertiary/aromatic N) is 3. The molecular formula is C16H9N3. The quantitative estimate of drug-likeness (QED) is 0.183. The summed E-state index contributed by atoms with van der Waals surface area (Å²) < 4.78 is 0. The third-order valence-electron chi connectivity index (χ3n) is 3.66. The zero-order valence-electron chi connectivity index (χ0n) is 10.0. The smallest absolute Gasteiger partial charge is 0.0454 e. The van der Waals surface area contributed by atoms with Crippen LogP contribution in [0.25, 0.3) is 42.8 Å². The first kappa shape index (κ1) is 10.2. The van der Waals surface area contributed by atoms with Crippen LogP contribution >= 0.6 is 0 Å². The monoisotopic (exact) mass is 243 g/mol. The van der Waals surface area contributed by atoms with Crippen LogP contribution in [0.1, 0.15) is 0 Å². The van der Waals surface area contributed by atoms with E-state index in [4.69, 9.17) is 5.53 Å². The fourth-order valence-corrected chi connectivity index (χ4v) is 2.86. The van der Waals surface area contributed by atoms with Crippen LogP contribution in [0.2, 0.25) is 0 Å². The lowest BCUT2D eigenvalue weighted by Gasteiger charge is -2.11. The molecule has 3 heteroatoms. The molecule has 0 bridgehead atoms. The van der Waals surface area contributed by atoms with Gasteiger partial charge in [0.25, 0.3) is 0 Å². The fraction of sp³-hybridized carbons (Fsp3) is 0. The molecule has 0 aliphatic carbocycles. The molecule has 0 heterocycles. The van der Waals surface area contributed by atoms with Gasteiger partial charge in [-0.15, -0.1) is 0 Å². The van der Waals surface area contributed by atoms with E-state index in [0.717, 1.165) is 5.39 Å². The molecule has 3 nitrogen and oxygen atoms in total. The summed E-state index contributed by atoms with van der Waals surface area (Å²) in [6.07, 6.45) is 0. The van der Waals surface area contributed by atoms with E-state index in [1.165, 1.54) is 26.9 Å². The van der Waals surface area contributed by atoms with Crippen LogP contribution in [-0.2, 0) is 0 Å². The summed E-state index contributed by atoms with van der Waals surface area (Å²) >= 11 is 0. The maximum atomic E-state index is 8.67. The molecule has 0 aliphatic heterocycles. The van der Waals surface area contributed by atoms with Gasteiger partial charge in [-0.05, 0) is 37.8 Å². The zero-order valence-corrected chi connectivity index (χ0v) is 10.0. The number of hydrogen-bond acceptors (Lipinski definition) is 1. The minimum absolute atomic E-state index is 0.688. The second kappa shape index (κ2) is 3.61. The van der Waals surface area contributed by atoms with Gasteiger partial charge in [-0.2, -0.15) is 0 Å². The predicted molar refractivity (Wildman–Crippen MR) is 79.0 cm³/mol. The lowest BCUT2D eigenvalue weighted by atomic mass is 9.94. The Morgan fingerprint density at radius 3 is 2.11 bits per heavy atom. The van der Waals surface area contributed by atoms with Crippen molar-refractivity contribution in [2.75, 3.05) is 0 Å². The summed E-state index contributed by atoms with van der Waals surface area (Å²) in [7, 11) is 0. The van der Waals surface area contributed by atoms with E-state index in [2.05, 4.69) is 46.4 Å². The Balaban J connectivity index is 2.38. The molecule has 0 aliphatic rings. The Morgan fingerprint density at radius 2 is 1.37 bits per heavy atom. The molecule has 4 aromatic rings. The van der Waals surface area contributed by atoms with Gasteiger partial charge in [-0.25, -0.2) is 0 Å². The van der Waals surface area contributed by atoms with Gasteiger partial charge < -0.3 is 0 Å². The summed E-state index contributed by atoms with van der Waals surface area (Å²) in [5.41, 5.74) is 9.36. The molecule has 88 valence electrons. The van der Waals surface area contributed by atoms with E-state index >= 15 is 0 Å². The van der Waals surface area contributed by atoms with Gasteiger partial charge in [0.1, 0.15) is 0 Å². The minimum Gasteiger partial charge on any atom is -0.0610 e. The Bertz CT molecular complexity index is 950. The van der Waals surface area contributed by atoms with E-state index in [-0.39, 0.29) is 0 Å². The van der Waals surface area contributed by atoms with Crippen molar-refractivity contribution in [2.24, 2.45) is 5.11 Å². The molecule has 4 aromatic carbocycles. The minimum atomic E-state index is 0.688. The first-order valence-corrected chi connectivity index (χ1v) is 6.10. The summed E-state index contributed by atoms with van der Waals surface area (Å²) in [5.74, 6) is 0. The van der Waals surface area contributed by atoms with Gasteiger partial charge in [0, 0.05) is 10.6 Å². The van der Waals surface area contributed by atoms with Crippen LogP contribution in [0.4, 0.5) is 5.69 Å². The average molecular weight is 243 g/mol.